The van der Waals surface area contributed by atoms with Gasteiger partial charge in [-0.05, 0) is 18.8 Å². The van der Waals surface area contributed by atoms with Crippen molar-refractivity contribution in [2.24, 2.45) is 5.92 Å². The molecule has 6 heteroatoms. The van der Waals surface area contributed by atoms with Gasteiger partial charge in [-0.25, -0.2) is 9.78 Å². The van der Waals surface area contributed by atoms with Crippen LogP contribution in [0.5, 0.6) is 0 Å². The molecule has 1 fully saturated rings. The summed E-state index contributed by atoms with van der Waals surface area (Å²) in [6.07, 6.45) is 6.56. The molecule has 1 aromatic rings. The zero-order chi connectivity index (χ0) is 14.5. The van der Waals surface area contributed by atoms with Gasteiger partial charge in [0.2, 0.25) is 5.91 Å². The van der Waals surface area contributed by atoms with Crippen LogP contribution in [0.15, 0.2) is 11.5 Å². The van der Waals surface area contributed by atoms with Crippen LogP contribution in [-0.4, -0.2) is 24.0 Å². The fourth-order valence-electron chi connectivity index (χ4n) is 2.33. The summed E-state index contributed by atoms with van der Waals surface area (Å²) in [5.41, 5.74) is 1.06. The number of nitrogens with zero attached hydrogens (tertiary/aromatic N) is 1. The lowest BCUT2D eigenvalue weighted by Gasteiger charge is -2.06. The molecular formula is C14H18N2O3S. The highest BCUT2D eigenvalue weighted by atomic mass is 32.1. The van der Waals surface area contributed by atoms with Crippen molar-refractivity contribution in [3.63, 3.8) is 0 Å². The molecule has 1 aliphatic rings. The zero-order valence-electron chi connectivity index (χ0n) is 11.6. The predicted molar refractivity (Wildman–Crippen MR) is 78.4 cm³/mol. The van der Waals surface area contributed by atoms with E-state index in [-0.39, 0.29) is 11.9 Å². The maximum absolute atomic E-state index is 11.9. The average Bonchev–Trinajstić information content (AvgIpc) is 3.05. The second kappa shape index (κ2) is 6.65. The number of ether oxygens (including phenoxy) is 1. The highest BCUT2D eigenvalue weighted by molar-refractivity contribution is 7.14. The van der Waals surface area contributed by atoms with Gasteiger partial charge < -0.3 is 10.1 Å². The number of rotatable bonds is 4. The number of amides is 1. The van der Waals surface area contributed by atoms with Crippen molar-refractivity contribution < 1.29 is 14.3 Å². The first-order chi connectivity index (χ1) is 9.60. The molecule has 1 aliphatic carbocycles. The molecule has 2 rings (SSSR count). The summed E-state index contributed by atoms with van der Waals surface area (Å²) in [6.45, 7) is 1.43. The third-order valence-electron chi connectivity index (χ3n) is 3.27. The Morgan fingerprint density at radius 2 is 2.15 bits per heavy atom. The van der Waals surface area contributed by atoms with E-state index in [2.05, 4.69) is 10.3 Å². The second-order valence-electron chi connectivity index (χ2n) is 4.84. The van der Waals surface area contributed by atoms with Crippen LogP contribution >= 0.6 is 11.3 Å². The second-order valence-corrected chi connectivity index (χ2v) is 5.69. The number of allylic oxidation sites excluding steroid dienone is 1. The summed E-state index contributed by atoms with van der Waals surface area (Å²) in [4.78, 5) is 27.2. The van der Waals surface area contributed by atoms with E-state index in [1.165, 1.54) is 38.2 Å². The first kappa shape index (κ1) is 14.7. The summed E-state index contributed by atoms with van der Waals surface area (Å²) >= 11 is 1.30. The van der Waals surface area contributed by atoms with E-state index >= 15 is 0 Å². The van der Waals surface area contributed by atoms with Crippen LogP contribution in [0, 0.1) is 5.92 Å². The first-order valence-electron chi connectivity index (χ1n) is 6.63. The Morgan fingerprint density at radius 1 is 1.45 bits per heavy atom. The van der Waals surface area contributed by atoms with E-state index in [4.69, 9.17) is 4.74 Å². The van der Waals surface area contributed by atoms with Crippen molar-refractivity contribution in [3.8, 4) is 0 Å². The molecule has 1 heterocycles. The molecule has 1 saturated carbocycles. The number of aromatic nitrogens is 1. The average molecular weight is 294 g/mol. The van der Waals surface area contributed by atoms with Crippen molar-refractivity contribution in [3.05, 3.63) is 17.2 Å². The monoisotopic (exact) mass is 294 g/mol. The number of esters is 1. The van der Waals surface area contributed by atoms with E-state index in [0.717, 1.165) is 12.8 Å². The van der Waals surface area contributed by atoms with Crippen LogP contribution in [0.4, 0.5) is 5.13 Å². The highest BCUT2D eigenvalue weighted by Gasteiger charge is 2.20. The minimum Gasteiger partial charge on any atom is -0.465 e. The van der Waals surface area contributed by atoms with E-state index in [0.29, 0.717) is 22.3 Å². The van der Waals surface area contributed by atoms with Gasteiger partial charge in [-0.1, -0.05) is 18.9 Å². The predicted octanol–water partition coefficient (Wildman–Crippen LogP) is 2.85. The van der Waals surface area contributed by atoms with E-state index in [1.54, 1.807) is 5.38 Å². The van der Waals surface area contributed by atoms with Gasteiger partial charge in [0.15, 0.2) is 5.13 Å². The van der Waals surface area contributed by atoms with Crippen LogP contribution in [0.25, 0.3) is 5.57 Å². The maximum Gasteiger partial charge on any atom is 0.339 e. The van der Waals surface area contributed by atoms with Crippen LogP contribution in [-0.2, 0) is 14.3 Å². The molecule has 20 heavy (non-hydrogen) atoms. The van der Waals surface area contributed by atoms with Crippen molar-refractivity contribution in [1.29, 1.82) is 0 Å². The van der Waals surface area contributed by atoms with Gasteiger partial charge in [0, 0.05) is 12.3 Å². The SMILES string of the molecule is COC(=O)/C(=C/C1CCCC1)c1csc(NC(C)=O)n1. The summed E-state index contributed by atoms with van der Waals surface area (Å²) in [7, 11) is 1.37. The fourth-order valence-corrected chi connectivity index (χ4v) is 3.09. The topological polar surface area (TPSA) is 68.3 Å². The number of carbonyl (C=O) groups is 2. The molecule has 0 radical (unpaired) electrons. The van der Waals surface area contributed by atoms with Gasteiger partial charge in [0.25, 0.3) is 0 Å². The summed E-state index contributed by atoms with van der Waals surface area (Å²) in [5, 5.41) is 4.88. The number of carbonyl (C=O) groups excluding carboxylic acids is 2. The number of hydrogen-bond acceptors (Lipinski definition) is 5. The Kier molecular flexibility index (Phi) is 4.89. The van der Waals surface area contributed by atoms with Gasteiger partial charge >= 0.3 is 5.97 Å². The normalized spacial score (nSPS) is 16.2. The summed E-state index contributed by atoms with van der Waals surface area (Å²) in [5.74, 6) is -0.142. The van der Waals surface area contributed by atoms with Gasteiger partial charge in [0.05, 0.1) is 18.4 Å². The molecule has 108 valence electrons. The Bertz CT molecular complexity index is 530. The molecule has 0 saturated heterocycles. The third kappa shape index (κ3) is 3.66. The van der Waals surface area contributed by atoms with Crippen LogP contribution in [0.1, 0.15) is 38.3 Å². The summed E-state index contributed by atoms with van der Waals surface area (Å²) < 4.78 is 4.84. The molecule has 1 amide bonds. The number of hydrogen-bond donors (Lipinski definition) is 1. The largest absolute Gasteiger partial charge is 0.465 e. The van der Waals surface area contributed by atoms with Crippen molar-refractivity contribution in [1.82, 2.24) is 4.98 Å². The molecule has 0 spiro atoms. The van der Waals surface area contributed by atoms with Crippen LogP contribution in [0.2, 0.25) is 0 Å². The fraction of sp³-hybridized carbons (Fsp3) is 0.500. The van der Waals surface area contributed by atoms with Crippen LogP contribution in [0.3, 0.4) is 0 Å². The minimum absolute atomic E-state index is 0.176. The smallest absolute Gasteiger partial charge is 0.339 e. The zero-order valence-corrected chi connectivity index (χ0v) is 12.5. The molecule has 0 bridgehead atoms. The van der Waals surface area contributed by atoms with E-state index in [9.17, 15) is 9.59 Å². The Balaban J connectivity index is 2.24. The number of nitrogens with one attached hydrogen (secondary N) is 1. The molecule has 5 nitrogen and oxygen atoms in total. The lowest BCUT2D eigenvalue weighted by molar-refractivity contribution is -0.133. The number of thiazole rings is 1. The Morgan fingerprint density at radius 3 is 2.75 bits per heavy atom. The van der Waals surface area contributed by atoms with Crippen molar-refractivity contribution >= 4 is 33.9 Å². The van der Waals surface area contributed by atoms with E-state index < -0.39 is 0 Å². The van der Waals surface area contributed by atoms with Crippen molar-refractivity contribution in [2.75, 3.05) is 12.4 Å². The van der Waals surface area contributed by atoms with Gasteiger partial charge in [-0.2, -0.15) is 0 Å². The lowest BCUT2D eigenvalue weighted by atomic mass is 10.0. The molecule has 1 N–H and O–H groups in total. The first-order valence-corrected chi connectivity index (χ1v) is 7.51. The van der Waals surface area contributed by atoms with Crippen molar-refractivity contribution in [2.45, 2.75) is 32.6 Å². The molecular weight excluding hydrogens is 276 g/mol. The standard InChI is InChI=1S/C14H18N2O3S/c1-9(17)15-14-16-12(8-20-14)11(13(18)19-2)7-10-5-3-4-6-10/h7-8,10H,3-6H2,1-2H3,(H,15,16,17)/b11-7+. The highest BCUT2D eigenvalue weighted by Crippen LogP contribution is 2.30. The maximum atomic E-state index is 11.9. The van der Waals surface area contributed by atoms with Gasteiger partial charge in [0.1, 0.15) is 0 Å². The molecule has 0 atom stereocenters. The molecule has 0 aliphatic heterocycles. The lowest BCUT2D eigenvalue weighted by Crippen LogP contribution is -2.08. The number of methoxy groups -OCH3 is 1. The third-order valence-corrected chi connectivity index (χ3v) is 4.03. The molecule has 0 unspecified atom stereocenters. The molecule has 1 aromatic heterocycles. The molecule has 0 aromatic carbocycles. The minimum atomic E-state index is -0.378. The summed E-state index contributed by atoms with van der Waals surface area (Å²) in [6, 6.07) is 0. The Labute approximate surface area is 122 Å². The van der Waals surface area contributed by atoms with Gasteiger partial charge in [-0.3, -0.25) is 4.79 Å². The Hall–Kier alpha value is -1.69. The van der Waals surface area contributed by atoms with E-state index in [1.807, 2.05) is 6.08 Å². The quantitative estimate of drug-likeness (QED) is 0.685. The van der Waals surface area contributed by atoms with Crippen LogP contribution < -0.4 is 5.32 Å². The van der Waals surface area contributed by atoms with Gasteiger partial charge in [-0.15, -0.1) is 11.3 Å². The number of anilines is 1.